The summed E-state index contributed by atoms with van der Waals surface area (Å²) in [6.07, 6.45) is 11.2. The van der Waals surface area contributed by atoms with Crippen LogP contribution in [0, 0.1) is 35.5 Å². The molecule has 1 unspecified atom stereocenters. The Morgan fingerprint density at radius 1 is 0.846 bits per heavy atom. The van der Waals surface area contributed by atoms with Crippen LogP contribution >= 0.6 is 0 Å². The number of allylic oxidation sites excluding steroid dienone is 6. The molecule has 65 heavy (non-hydrogen) atoms. The Morgan fingerprint density at radius 3 is 2.25 bits per heavy atom. The zero-order valence-electron chi connectivity index (χ0n) is 40.6. The molecule has 15 atom stereocenters. The predicted octanol–water partition coefficient (Wildman–Crippen LogP) is 6.18. The number of Topliss-reactive ketones (excluding diaryl/α,β-unsaturated/α-hetero) is 3. The van der Waals surface area contributed by atoms with E-state index in [1.54, 1.807) is 41.1 Å². The van der Waals surface area contributed by atoms with Crippen molar-refractivity contribution in [3.05, 3.63) is 47.6 Å². The van der Waals surface area contributed by atoms with Crippen molar-refractivity contribution in [1.82, 2.24) is 4.90 Å². The Balaban J connectivity index is 1.70. The van der Waals surface area contributed by atoms with Crippen LogP contribution in [0.15, 0.2) is 47.6 Å². The molecule has 2 bridgehead atoms. The van der Waals surface area contributed by atoms with E-state index in [9.17, 15) is 39.3 Å². The summed E-state index contributed by atoms with van der Waals surface area (Å²) in [6, 6.07) is -1.14. The Labute approximate surface area is 387 Å². The van der Waals surface area contributed by atoms with Gasteiger partial charge >= 0.3 is 5.97 Å². The number of fused-ring (bicyclic) bond motifs is 3. The van der Waals surface area contributed by atoms with E-state index in [1.165, 1.54) is 12.0 Å². The third-order valence-electron chi connectivity index (χ3n) is 14.5. The number of hydrogen-bond acceptors (Lipinski definition) is 13. The zero-order valence-corrected chi connectivity index (χ0v) is 40.6. The standard InChI is InChI=1S/C51H79NO13/c1-30-16-12-11-13-17-31(2)42(61-8)28-38-21-19-36(7)51(60,65-38)48(57)49(58)52-23-15-14-18-39(52)50(59)64-43(33(4)26-37-20-22-40(53)44(27-37)62-9)29-41(54)32(3)25-35(6)46(56)47(63-10)45(55)34(5)24-30/h11-13,16-17,25,30,32-34,36-40,42-44,46-47,53,56,60H,14-15,18-24,26-29H2,1-10H3/b13-11-,16-12+,31-17+,35-25-/t30-,32-,33-,34-,36-,37?,38+,39+,40-,42+,43+,44-,46-,47+,51-/m1/s1. The molecule has 14 nitrogen and oxygen atoms in total. The Morgan fingerprint density at radius 2 is 1.57 bits per heavy atom. The van der Waals surface area contributed by atoms with E-state index in [-0.39, 0.29) is 54.8 Å². The van der Waals surface area contributed by atoms with Gasteiger partial charge in [0.15, 0.2) is 5.78 Å². The summed E-state index contributed by atoms with van der Waals surface area (Å²) in [6.45, 7) is 12.7. The van der Waals surface area contributed by atoms with Crippen molar-refractivity contribution in [2.24, 2.45) is 35.5 Å². The number of ether oxygens (including phenoxy) is 5. The second-order valence-electron chi connectivity index (χ2n) is 19.6. The fraction of sp³-hybridized carbons (Fsp3) is 0.745. The van der Waals surface area contributed by atoms with Gasteiger partial charge in [-0.25, -0.2) is 4.79 Å². The number of piperidine rings is 1. The van der Waals surface area contributed by atoms with Gasteiger partial charge in [-0.05, 0) is 107 Å². The number of methoxy groups -OCH3 is 3. The molecule has 2 saturated heterocycles. The zero-order chi connectivity index (χ0) is 48.2. The lowest BCUT2D eigenvalue weighted by atomic mass is 9.78. The number of ketones is 3. The van der Waals surface area contributed by atoms with E-state index in [1.807, 2.05) is 58.1 Å². The van der Waals surface area contributed by atoms with Crippen LogP contribution in [0.5, 0.6) is 0 Å². The van der Waals surface area contributed by atoms with Crippen LogP contribution in [0.1, 0.15) is 126 Å². The first-order chi connectivity index (χ1) is 30.7. The summed E-state index contributed by atoms with van der Waals surface area (Å²) in [5, 5.41) is 33.8. The summed E-state index contributed by atoms with van der Waals surface area (Å²) >= 11 is 0. The Kier molecular flexibility index (Phi) is 21.0. The summed E-state index contributed by atoms with van der Waals surface area (Å²) in [4.78, 5) is 71.8. The van der Waals surface area contributed by atoms with Gasteiger partial charge < -0.3 is 43.9 Å². The maximum Gasteiger partial charge on any atom is 0.329 e. The Bertz CT molecular complexity index is 1760. The maximum absolute atomic E-state index is 14.4. The van der Waals surface area contributed by atoms with Gasteiger partial charge in [-0.15, -0.1) is 0 Å². The average molecular weight is 914 g/mol. The van der Waals surface area contributed by atoms with Crippen molar-refractivity contribution in [3.63, 3.8) is 0 Å². The number of carbonyl (C=O) groups is 5. The van der Waals surface area contributed by atoms with Gasteiger partial charge in [0.05, 0.1) is 24.4 Å². The van der Waals surface area contributed by atoms with Crippen molar-refractivity contribution in [1.29, 1.82) is 0 Å². The number of esters is 1. The quantitative estimate of drug-likeness (QED) is 0.156. The lowest BCUT2D eigenvalue weighted by Gasteiger charge is -2.42. The van der Waals surface area contributed by atoms with Gasteiger partial charge in [0.2, 0.25) is 5.79 Å². The number of nitrogens with zero attached hydrogens (tertiary/aromatic N) is 1. The number of amides is 1. The van der Waals surface area contributed by atoms with Gasteiger partial charge in [-0.1, -0.05) is 71.1 Å². The van der Waals surface area contributed by atoms with Gasteiger partial charge in [-0.2, -0.15) is 0 Å². The molecule has 0 aromatic rings. The number of aliphatic hydroxyl groups is 3. The fourth-order valence-corrected chi connectivity index (χ4v) is 10.1. The highest BCUT2D eigenvalue weighted by Gasteiger charge is 2.53. The van der Waals surface area contributed by atoms with Crippen LogP contribution in [-0.2, 0) is 47.7 Å². The molecule has 3 aliphatic heterocycles. The highest BCUT2D eigenvalue weighted by Crippen LogP contribution is 2.38. The van der Waals surface area contributed by atoms with Gasteiger partial charge in [0, 0.05) is 58.5 Å². The number of rotatable bonds is 6. The molecule has 1 saturated carbocycles. The highest BCUT2D eigenvalue weighted by molar-refractivity contribution is 6.39. The van der Waals surface area contributed by atoms with E-state index in [2.05, 4.69) is 0 Å². The molecule has 1 aliphatic carbocycles. The largest absolute Gasteiger partial charge is 0.460 e. The minimum atomic E-state index is -2.43. The van der Waals surface area contributed by atoms with Crippen molar-refractivity contribution >= 4 is 29.2 Å². The molecule has 0 aromatic heterocycles. The molecule has 4 aliphatic rings. The normalized spacial score (nSPS) is 40.4. The third-order valence-corrected chi connectivity index (χ3v) is 14.5. The van der Waals surface area contributed by atoms with Crippen LogP contribution in [0.4, 0.5) is 0 Å². The minimum Gasteiger partial charge on any atom is -0.460 e. The van der Waals surface area contributed by atoms with E-state index >= 15 is 0 Å². The summed E-state index contributed by atoms with van der Waals surface area (Å²) in [7, 11) is 4.52. The van der Waals surface area contributed by atoms with E-state index < -0.39 is 83.9 Å². The molecule has 366 valence electrons. The SMILES string of the molecule is CO[C@H]1C[C@@H]2CC[C@@H](C)[C@@](O)(O2)C(=O)C(=O)N2CCCC[C@H]2C(=O)O[C@H]([C@H](C)CC2CC[C@@H](O)[C@H](OC)C2)CC(=O)[C@H](C)/C=C(/C)[C@@H](O)[C@@H](OC)C(=O)[C@H](C)C[C@H](C)/C=C/C=C\C=C\1C. The van der Waals surface area contributed by atoms with E-state index in [0.29, 0.717) is 63.4 Å². The molecule has 1 amide bonds. The molecular formula is C51H79NO13. The number of carbonyl (C=O) groups excluding carboxylic acids is 5. The molecule has 3 fully saturated rings. The lowest BCUT2D eigenvalue weighted by Crippen LogP contribution is -2.61. The first-order valence-corrected chi connectivity index (χ1v) is 23.9. The summed E-state index contributed by atoms with van der Waals surface area (Å²) in [5.41, 5.74) is 1.27. The van der Waals surface area contributed by atoms with Crippen LogP contribution in [0.2, 0.25) is 0 Å². The van der Waals surface area contributed by atoms with Gasteiger partial charge in [0.25, 0.3) is 11.7 Å². The molecule has 0 aromatic carbocycles. The minimum absolute atomic E-state index is 0.0193. The van der Waals surface area contributed by atoms with Crippen molar-refractivity contribution in [2.75, 3.05) is 27.9 Å². The predicted molar refractivity (Wildman–Crippen MR) is 245 cm³/mol. The molecule has 0 spiro atoms. The maximum atomic E-state index is 14.4. The number of cyclic esters (lactones) is 1. The first-order valence-electron chi connectivity index (χ1n) is 23.9. The Hall–Kier alpha value is -3.37. The van der Waals surface area contributed by atoms with Crippen molar-refractivity contribution in [2.45, 2.75) is 180 Å². The fourth-order valence-electron chi connectivity index (χ4n) is 10.1. The van der Waals surface area contributed by atoms with Gasteiger partial charge in [-0.3, -0.25) is 19.2 Å². The van der Waals surface area contributed by atoms with Crippen molar-refractivity contribution in [3.8, 4) is 0 Å². The lowest BCUT2D eigenvalue weighted by molar-refractivity contribution is -0.265. The van der Waals surface area contributed by atoms with Crippen LogP contribution in [-0.4, -0.2) is 132 Å². The third kappa shape index (κ3) is 14.3. The summed E-state index contributed by atoms with van der Waals surface area (Å²) < 4.78 is 29.4. The average Bonchev–Trinajstić information content (AvgIpc) is 3.28. The van der Waals surface area contributed by atoms with Crippen LogP contribution in [0.3, 0.4) is 0 Å². The molecule has 14 heteroatoms. The van der Waals surface area contributed by atoms with E-state index in [0.717, 1.165) is 12.0 Å². The van der Waals surface area contributed by atoms with Crippen LogP contribution in [0.25, 0.3) is 0 Å². The second-order valence-corrected chi connectivity index (χ2v) is 19.6. The number of aliphatic hydroxyl groups excluding tert-OH is 2. The molecule has 3 heterocycles. The summed E-state index contributed by atoms with van der Waals surface area (Å²) in [5.74, 6) is -7.96. The smallest absolute Gasteiger partial charge is 0.329 e. The van der Waals surface area contributed by atoms with Crippen LogP contribution < -0.4 is 0 Å². The molecular weight excluding hydrogens is 835 g/mol. The van der Waals surface area contributed by atoms with Gasteiger partial charge in [0.1, 0.15) is 30.1 Å². The van der Waals surface area contributed by atoms with Crippen molar-refractivity contribution < 1.29 is 63.0 Å². The monoisotopic (exact) mass is 914 g/mol. The second kappa shape index (κ2) is 25.1. The van der Waals surface area contributed by atoms with E-state index in [4.69, 9.17) is 23.7 Å². The molecule has 0 radical (unpaired) electrons. The molecule has 4 rings (SSSR count). The first kappa shape index (κ1) is 54.2. The number of hydrogen-bond donors (Lipinski definition) is 3. The molecule has 3 N–H and O–H groups in total. The highest BCUT2D eigenvalue weighted by atomic mass is 16.6. The topological polar surface area (TPSA) is 195 Å².